The van der Waals surface area contributed by atoms with Gasteiger partial charge in [0, 0.05) is 21.8 Å². The van der Waals surface area contributed by atoms with Crippen molar-refractivity contribution in [3.05, 3.63) is 94.5 Å². The monoisotopic (exact) mass is 598 g/mol. The lowest BCUT2D eigenvalue weighted by molar-refractivity contribution is 0.102. The zero-order valence-electron chi connectivity index (χ0n) is 20.3. The summed E-state index contributed by atoms with van der Waals surface area (Å²) >= 11 is 3.38. The van der Waals surface area contributed by atoms with Crippen molar-refractivity contribution in [3.63, 3.8) is 0 Å². The van der Waals surface area contributed by atoms with Crippen LogP contribution >= 0.6 is 15.9 Å². The number of anilines is 2. The molecule has 0 unspecified atom stereocenters. The van der Waals surface area contributed by atoms with Gasteiger partial charge in [-0.25, -0.2) is 8.42 Å². The van der Waals surface area contributed by atoms with E-state index in [-0.39, 0.29) is 28.5 Å². The molecule has 0 saturated carbocycles. The Labute approximate surface area is 228 Å². The van der Waals surface area contributed by atoms with Gasteiger partial charge in [0.05, 0.1) is 19.1 Å². The molecule has 1 amide bonds. The minimum Gasteiger partial charge on any atom is -0.489 e. The Bertz CT molecular complexity index is 1490. The van der Waals surface area contributed by atoms with Crippen molar-refractivity contribution in [2.45, 2.75) is 11.5 Å². The second kappa shape index (κ2) is 11.9. The number of nitrogens with zero attached hydrogens (tertiary/aromatic N) is 2. The summed E-state index contributed by atoms with van der Waals surface area (Å²) in [6, 6.07) is 21.5. The maximum Gasteiger partial charge on any atom is 0.321 e. The van der Waals surface area contributed by atoms with Crippen LogP contribution in [0, 0.1) is 0 Å². The van der Waals surface area contributed by atoms with Gasteiger partial charge >= 0.3 is 6.01 Å². The highest BCUT2D eigenvalue weighted by Gasteiger charge is 2.17. The number of sulfonamides is 1. The molecule has 0 spiro atoms. The minimum atomic E-state index is -3.97. The van der Waals surface area contributed by atoms with Gasteiger partial charge in [0.2, 0.25) is 5.88 Å². The van der Waals surface area contributed by atoms with Gasteiger partial charge in [-0.2, -0.15) is 9.97 Å². The molecule has 0 radical (unpaired) electrons. The highest BCUT2D eigenvalue weighted by molar-refractivity contribution is 9.10. The van der Waals surface area contributed by atoms with E-state index in [2.05, 4.69) is 35.9 Å². The number of benzene rings is 3. The molecule has 4 aromatic rings. The SMILES string of the molecule is COc1cc(NS(=O)(=O)c2ccc(NC(=O)c3ccc(COc4ccc(Br)cc4)cc3)cc2)nc(OC)n1. The number of amides is 1. The van der Waals surface area contributed by atoms with Crippen LogP contribution in [-0.2, 0) is 16.6 Å². The predicted octanol–water partition coefficient (Wildman–Crippen LogP) is 4.89. The van der Waals surface area contributed by atoms with E-state index in [1.54, 1.807) is 12.1 Å². The smallest absolute Gasteiger partial charge is 0.321 e. The highest BCUT2D eigenvalue weighted by atomic mass is 79.9. The number of methoxy groups -OCH3 is 2. The third-order valence-corrected chi connectivity index (χ3v) is 7.07. The quantitative estimate of drug-likeness (QED) is 0.264. The summed E-state index contributed by atoms with van der Waals surface area (Å²) in [5.74, 6) is 0.529. The van der Waals surface area contributed by atoms with Crippen molar-refractivity contribution in [2.75, 3.05) is 24.3 Å². The Morgan fingerprint density at radius 2 is 1.58 bits per heavy atom. The molecule has 0 aliphatic heterocycles. The first kappa shape index (κ1) is 26.9. The van der Waals surface area contributed by atoms with Crippen LogP contribution in [0.4, 0.5) is 11.5 Å². The van der Waals surface area contributed by atoms with Gasteiger partial charge in [-0.05, 0) is 66.2 Å². The first-order chi connectivity index (χ1) is 18.3. The first-order valence-corrected chi connectivity index (χ1v) is 13.4. The number of carbonyl (C=O) groups is 1. The van der Waals surface area contributed by atoms with Crippen molar-refractivity contribution in [1.82, 2.24) is 9.97 Å². The van der Waals surface area contributed by atoms with Crippen molar-refractivity contribution in [1.29, 1.82) is 0 Å². The van der Waals surface area contributed by atoms with Crippen LogP contribution in [0.15, 0.2) is 88.2 Å². The number of aromatic nitrogens is 2. The Balaban J connectivity index is 1.36. The topological polar surface area (TPSA) is 129 Å². The molecule has 12 heteroatoms. The van der Waals surface area contributed by atoms with Gasteiger partial charge in [0.15, 0.2) is 5.82 Å². The van der Waals surface area contributed by atoms with E-state index < -0.39 is 10.0 Å². The van der Waals surface area contributed by atoms with Crippen LogP contribution in [0.1, 0.15) is 15.9 Å². The van der Waals surface area contributed by atoms with Crippen molar-refractivity contribution >= 4 is 43.4 Å². The maximum absolute atomic E-state index is 12.8. The number of carbonyl (C=O) groups excluding carboxylic acids is 1. The summed E-state index contributed by atoms with van der Waals surface area (Å²) in [5, 5.41) is 2.76. The van der Waals surface area contributed by atoms with Gasteiger partial charge in [-0.3, -0.25) is 9.52 Å². The molecule has 10 nitrogen and oxygen atoms in total. The van der Waals surface area contributed by atoms with Gasteiger partial charge in [0.25, 0.3) is 15.9 Å². The molecule has 0 aliphatic rings. The lowest BCUT2D eigenvalue weighted by Gasteiger charge is -2.11. The van der Waals surface area contributed by atoms with Gasteiger partial charge < -0.3 is 19.5 Å². The molecule has 0 fully saturated rings. The fourth-order valence-electron chi connectivity index (χ4n) is 3.22. The standard InChI is InChI=1S/C26H23BrN4O6S/c1-35-24-15-23(29-26(30-24)36-2)31-38(33,34)22-13-9-20(10-14-22)28-25(32)18-5-3-17(4-6-18)16-37-21-11-7-19(27)8-12-21/h3-15H,16H2,1-2H3,(H,28,32)(H,29,30,31). The lowest BCUT2D eigenvalue weighted by atomic mass is 10.1. The van der Waals surface area contributed by atoms with Gasteiger partial charge in [-0.1, -0.05) is 28.1 Å². The fourth-order valence-corrected chi connectivity index (χ4v) is 4.48. The van der Waals surface area contributed by atoms with Crippen LogP contribution < -0.4 is 24.2 Å². The number of rotatable bonds is 10. The molecule has 196 valence electrons. The molecule has 2 N–H and O–H groups in total. The van der Waals surface area contributed by atoms with E-state index in [0.717, 1.165) is 15.8 Å². The van der Waals surface area contributed by atoms with E-state index in [9.17, 15) is 13.2 Å². The van der Waals surface area contributed by atoms with Crippen molar-refractivity contribution in [2.24, 2.45) is 0 Å². The molecule has 1 heterocycles. The van der Waals surface area contributed by atoms with E-state index in [1.807, 2.05) is 36.4 Å². The summed E-state index contributed by atoms with van der Waals surface area (Å²) in [7, 11) is -1.23. The summed E-state index contributed by atoms with van der Waals surface area (Å²) in [6.45, 7) is 0.363. The molecule has 4 rings (SSSR count). The number of halogens is 1. The van der Waals surface area contributed by atoms with E-state index in [1.165, 1.54) is 44.6 Å². The van der Waals surface area contributed by atoms with E-state index in [0.29, 0.717) is 17.9 Å². The Kier molecular flexibility index (Phi) is 8.44. The van der Waals surface area contributed by atoms with Crippen molar-refractivity contribution < 1.29 is 27.4 Å². The molecule has 0 aliphatic carbocycles. The number of hydrogen-bond acceptors (Lipinski definition) is 8. The summed E-state index contributed by atoms with van der Waals surface area (Å²) in [6.07, 6.45) is 0. The molecular formula is C26H23BrN4O6S. The number of ether oxygens (including phenoxy) is 3. The summed E-state index contributed by atoms with van der Waals surface area (Å²) < 4.78 is 44.7. The average Bonchev–Trinajstić information content (AvgIpc) is 2.92. The average molecular weight is 599 g/mol. The van der Waals surface area contributed by atoms with Gasteiger partial charge in [-0.15, -0.1) is 0 Å². The van der Waals surface area contributed by atoms with Crippen LogP contribution in [-0.4, -0.2) is 38.5 Å². The second-order valence-corrected chi connectivity index (χ2v) is 10.4. The molecule has 3 aromatic carbocycles. The lowest BCUT2D eigenvalue weighted by Crippen LogP contribution is -2.15. The van der Waals surface area contributed by atoms with E-state index in [4.69, 9.17) is 14.2 Å². The predicted molar refractivity (Wildman–Crippen MR) is 145 cm³/mol. The molecular weight excluding hydrogens is 576 g/mol. The Hall–Kier alpha value is -4.16. The zero-order chi connectivity index (χ0) is 27.1. The number of hydrogen-bond donors (Lipinski definition) is 2. The zero-order valence-corrected chi connectivity index (χ0v) is 22.7. The molecule has 0 bridgehead atoms. The fraction of sp³-hybridized carbons (Fsp3) is 0.115. The first-order valence-electron chi connectivity index (χ1n) is 11.1. The summed E-state index contributed by atoms with van der Waals surface area (Å²) in [4.78, 5) is 20.5. The Morgan fingerprint density at radius 1 is 0.895 bits per heavy atom. The molecule has 1 aromatic heterocycles. The maximum atomic E-state index is 12.8. The Morgan fingerprint density at radius 3 is 2.21 bits per heavy atom. The van der Waals surface area contributed by atoms with E-state index >= 15 is 0 Å². The minimum absolute atomic E-state index is 0.0169. The summed E-state index contributed by atoms with van der Waals surface area (Å²) in [5.41, 5.74) is 1.79. The highest BCUT2D eigenvalue weighted by Crippen LogP contribution is 2.22. The van der Waals surface area contributed by atoms with Crippen LogP contribution in [0.5, 0.6) is 17.6 Å². The van der Waals surface area contributed by atoms with Crippen LogP contribution in [0.3, 0.4) is 0 Å². The molecule has 0 saturated heterocycles. The third-order valence-electron chi connectivity index (χ3n) is 5.17. The normalized spacial score (nSPS) is 10.9. The third kappa shape index (κ3) is 6.99. The molecule has 0 atom stereocenters. The second-order valence-electron chi connectivity index (χ2n) is 7.81. The van der Waals surface area contributed by atoms with Crippen LogP contribution in [0.2, 0.25) is 0 Å². The number of nitrogens with one attached hydrogen (secondary N) is 2. The van der Waals surface area contributed by atoms with Gasteiger partial charge in [0.1, 0.15) is 12.4 Å². The molecule has 38 heavy (non-hydrogen) atoms. The van der Waals surface area contributed by atoms with Crippen molar-refractivity contribution in [3.8, 4) is 17.6 Å². The largest absolute Gasteiger partial charge is 0.489 e. The van der Waals surface area contributed by atoms with Crippen LogP contribution in [0.25, 0.3) is 0 Å².